The molecule has 0 unspecified atom stereocenters. The average molecular weight is 388 g/mol. The molecule has 0 saturated carbocycles. The molecule has 142 valence electrons. The number of benzene rings is 5. The van der Waals surface area contributed by atoms with Crippen LogP contribution in [0.3, 0.4) is 0 Å². The highest BCUT2D eigenvalue weighted by atomic mass is 16.4. The number of hydrogen-bond donors (Lipinski definition) is 0. The Morgan fingerprint density at radius 3 is 1.63 bits per heavy atom. The molecular formula is C27H16O3. The van der Waals surface area contributed by atoms with E-state index in [1.165, 1.54) is 38.4 Å². The lowest BCUT2D eigenvalue weighted by Crippen LogP contribution is -1.93. The average Bonchev–Trinajstić information content (AvgIpc) is 3.24. The zero-order chi connectivity index (χ0) is 20.1. The van der Waals surface area contributed by atoms with Crippen LogP contribution in [-0.2, 0) is 0 Å². The van der Waals surface area contributed by atoms with Crippen molar-refractivity contribution in [2.24, 2.45) is 0 Å². The molecule has 2 aromatic heterocycles. The van der Waals surface area contributed by atoms with Gasteiger partial charge in [0.05, 0.1) is 6.26 Å². The quantitative estimate of drug-likeness (QED) is 0.205. The zero-order valence-electron chi connectivity index (χ0n) is 16.0. The van der Waals surface area contributed by atoms with Gasteiger partial charge < -0.3 is 8.83 Å². The van der Waals surface area contributed by atoms with Crippen LogP contribution in [0.5, 0.6) is 0 Å². The van der Waals surface area contributed by atoms with Gasteiger partial charge in [-0.1, -0.05) is 60.7 Å². The second kappa shape index (κ2) is 6.46. The molecule has 2 heterocycles. The molecule has 7 aromatic rings. The number of furan rings is 1. The van der Waals surface area contributed by atoms with E-state index in [1.54, 1.807) is 18.4 Å². The Kier molecular flexibility index (Phi) is 3.62. The van der Waals surface area contributed by atoms with Crippen LogP contribution in [0.2, 0.25) is 0 Å². The summed E-state index contributed by atoms with van der Waals surface area (Å²) in [6, 6.07) is 30.5. The summed E-state index contributed by atoms with van der Waals surface area (Å²) in [5.74, 6) is 0. The highest BCUT2D eigenvalue weighted by Crippen LogP contribution is 2.33. The normalized spacial score (nSPS) is 11.5. The lowest BCUT2D eigenvalue weighted by molar-refractivity contribution is 0.559. The van der Waals surface area contributed by atoms with Gasteiger partial charge in [-0.05, 0) is 50.5 Å². The predicted molar refractivity (Wildman–Crippen MR) is 122 cm³/mol. The molecule has 30 heavy (non-hydrogen) atoms. The molecule has 0 spiro atoms. The third-order valence-electron chi connectivity index (χ3n) is 5.59. The molecule has 0 radical (unpaired) electrons. The van der Waals surface area contributed by atoms with E-state index in [1.807, 2.05) is 12.1 Å². The van der Waals surface area contributed by atoms with E-state index in [0.717, 1.165) is 16.4 Å². The lowest BCUT2D eigenvalue weighted by Gasteiger charge is -2.09. The first kappa shape index (κ1) is 16.8. The summed E-state index contributed by atoms with van der Waals surface area (Å²) in [4.78, 5) is 11.0. The van der Waals surface area contributed by atoms with Crippen LogP contribution < -0.4 is 5.63 Å². The van der Waals surface area contributed by atoms with Crippen molar-refractivity contribution >= 4 is 54.3 Å². The first-order valence-corrected chi connectivity index (χ1v) is 9.80. The third-order valence-corrected chi connectivity index (χ3v) is 5.59. The third kappa shape index (κ3) is 2.64. The van der Waals surface area contributed by atoms with Gasteiger partial charge in [0, 0.05) is 22.9 Å². The number of rotatable bonds is 0. The van der Waals surface area contributed by atoms with Crippen molar-refractivity contribution in [2.45, 2.75) is 0 Å². The maximum Gasteiger partial charge on any atom is 0.336 e. The molecular weight excluding hydrogens is 372 g/mol. The van der Waals surface area contributed by atoms with Crippen molar-refractivity contribution in [1.82, 2.24) is 0 Å². The van der Waals surface area contributed by atoms with E-state index in [-0.39, 0.29) is 5.63 Å². The zero-order valence-corrected chi connectivity index (χ0v) is 16.0. The van der Waals surface area contributed by atoms with Crippen molar-refractivity contribution in [3.05, 3.63) is 108 Å². The predicted octanol–water partition coefficient (Wildman–Crippen LogP) is 7.12. The highest BCUT2D eigenvalue weighted by Gasteiger charge is 2.06. The van der Waals surface area contributed by atoms with Gasteiger partial charge in [-0.3, -0.25) is 0 Å². The van der Waals surface area contributed by atoms with Gasteiger partial charge in [0.15, 0.2) is 0 Å². The molecule has 7 rings (SSSR count). The van der Waals surface area contributed by atoms with Gasteiger partial charge in [-0.25, -0.2) is 4.79 Å². The summed E-state index contributed by atoms with van der Waals surface area (Å²) in [6.45, 7) is 0. The molecule has 0 aliphatic rings. The van der Waals surface area contributed by atoms with E-state index < -0.39 is 0 Å². The van der Waals surface area contributed by atoms with Crippen molar-refractivity contribution < 1.29 is 8.83 Å². The van der Waals surface area contributed by atoms with Gasteiger partial charge in [0.25, 0.3) is 0 Å². The van der Waals surface area contributed by atoms with Crippen molar-refractivity contribution in [3.8, 4) is 0 Å². The van der Waals surface area contributed by atoms with Gasteiger partial charge >= 0.3 is 5.63 Å². The molecule has 0 fully saturated rings. The van der Waals surface area contributed by atoms with Crippen LogP contribution >= 0.6 is 0 Å². The minimum Gasteiger partial charge on any atom is -0.464 e. The summed E-state index contributed by atoms with van der Waals surface area (Å²) in [5.41, 5.74) is 0.940. The Balaban J connectivity index is 0.000000118. The van der Waals surface area contributed by atoms with E-state index >= 15 is 0 Å². The molecule has 5 aromatic carbocycles. The molecule has 0 saturated heterocycles. The fraction of sp³-hybridized carbons (Fsp3) is 0. The maximum absolute atomic E-state index is 11.0. The number of hydrogen-bond acceptors (Lipinski definition) is 3. The second-order valence-electron chi connectivity index (χ2n) is 7.39. The maximum atomic E-state index is 11.0. The topological polar surface area (TPSA) is 43.4 Å². The van der Waals surface area contributed by atoms with Gasteiger partial charge in [0.2, 0.25) is 0 Å². The molecule has 0 N–H and O–H groups in total. The van der Waals surface area contributed by atoms with E-state index in [0.29, 0.717) is 5.58 Å². The Hall–Kier alpha value is -4.11. The Labute approximate surface area is 171 Å². The van der Waals surface area contributed by atoms with Gasteiger partial charge in [-0.2, -0.15) is 0 Å². The Morgan fingerprint density at radius 2 is 1.03 bits per heavy atom. The van der Waals surface area contributed by atoms with Crippen LogP contribution in [-0.4, -0.2) is 0 Å². The van der Waals surface area contributed by atoms with Crippen molar-refractivity contribution in [1.29, 1.82) is 0 Å². The molecule has 0 atom stereocenters. The molecule has 0 aliphatic carbocycles. The van der Waals surface area contributed by atoms with Crippen LogP contribution in [0, 0.1) is 0 Å². The van der Waals surface area contributed by atoms with Gasteiger partial charge in [-0.15, -0.1) is 0 Å². The largest absolute Gasteiger partial charge is 0.464 e. The minimum atomic E-state index is -0.344. The monoisotopic (exact) mass is 388 g/mol. The molecule has 3 heteroatoms. The highest BCUT2D eigenvalue weighted by molar-refractivity contribution is 6.22. The van der Waals surface area contributed by atoms with E-state index in [4.69, 9.17) is 8.83 Å². The Morgan fingerprint density at radius 1 is 0.500 bits per heavy atom. The van der Waals surface area contributed by atoms with E-state index in [2.05, 4.69) is 60.7 Å². The fourth-order valence-electron chi connectivity index (χ4n) is 4.20. The van der Waals surface area contributed by atoms with Crippen molar-refractivity contribution in [2.75, 3.05) is 0 Å². The Bertz CT molecular complexity index is 1590. The first-order valence-electron chi connectivity index (χ1n) is 9.80. The smallest absolute Gasteiger partial charge is 0.336 e. The number of fused-ring (bicyclic) bond motifs is 2. The summed E-state index contributed by atoms with van der Waals surface area (Å²) in [7, 11) is 0. The van der Waals surface area contributed by atoms with Crippen LogP contribution in [0.1, 0.15) is 0 Å². The van der Waals surface area contributed by atoms with Crippen molar-refractivity contribution in [3.63, 3.8) is 0 Å². The summed E-state index contributed by atoms with van der Waals surface area (Å²) in [6.07, 6.45) is 1.61. The van der Waals surface area contributed by atoms with Crippen LogP contribution in [0.4, 0.5) is 0 Å². The first-order chi connectivity index (χ1) is 14.8. The molecule has 0 amide bonds. The SMILES string of the molecule is O=c1ccc2cc3ccoc3cc2o1.c1cc2ccc3cccc4ccc(c1)c2c34. The lowest BCUT2D eigenvalue weighted by atomic mass is 9.95. The summed E-state index contributed by atoms with van der Waals surface area (Å²) in [5, 5.41) is 10.0. The summed E-state index contributed by atoms with van der Waals surface area (Å²) < 4.78 is 10.2. The fourth-order valence-corrected chi connectivity index (χ4v) is 4.20. The summed E-state index contributed by atoms with van der Waals surface area (Å²) >= 11 is 0. The molecule has 0 bridgehead atoms. The van der Waals surface area contributed by atoms with E-state index in [9.17, 15) is 4.79 Å². The minimum absolute atomic E-state index is 0.344. The molecule has 3 nitrogen and oxygen atoms in total. The van der Waals surface area contributed by atoms with Gasteiger partial charge in [0.1, 0.15) is 11.2 Å². The van der Waals surface area contributed by atoms with Crippen LogP contribution in [0.25, 0.3) is 54.3 Å². The van der Waals surface area contributed by atoms with Crippen LogP contribution in [0.15, 0.2) is 111 Å². The second-order valence-corrected chi connectivity index (χ2v) is 7.39. The molecule has 0 aliphatic heterocycles. The standard InChI is InChI=1S/C16H10.C11H6O3/c1-3-11-7-9-13-5-2-6-14-10-8-12(4-1)15(11)16(13)14;12-11-2-1-7-5-8-3-4-13-9(8)6-10(7)14-11/h1-10H;1-6H.